The van der Waals surface area contributed by atoms with Crippen LogP contribution in [0.5, 0.6) is 0 Å². The molecule has 0 aliphatic carbocycles. The molecule has 0 bridgehead atoms. The van der Waals surface area contributed by atoms with Gasteiger partial charge in [-0.05, 0) is 31.2 Å². The molecule has 6 nitrogen and oxygen atoms in total. The van der Waals surface area contributed by atoms with Crippen LogP contribution in [0.2, 0.25) is 0 Å². The van der Waals surface area contributed by atoms with Gasteiger partial charge in [-0.1, -0.05) is 48.2 Å². The molecule has 1 amide bonds. The molecule has 1 aliphatic rings. The predicted molar refractivity (Wildman–Crippen MR) is 107 cm³/mol. The van der Waals surface area contributed by atoms with E-state index in [0.717, 1.165) is 53.4 Å². The second-order valence-corrected chi connectivity index (χ2v) is 7.58. The van der Waals surface area contributed by atoms with E-state index in [9.17, 15) is 4.79 Å². The van der Waals surface area contributed by atoms with Crippen molar-refractivity contribution in [2.45, 2.75) is 37.6 Å². The van der Waals surface area contributed by atoms with Crippen LogP contribution in [0.15, 0.2) is 47.6 Å². The Morgan fingerprint density at radius 1 is 1.26 bits per heavy atom. The molecule has 27 heavy (non-hydrogen) atoms. The van der Waals surface area contributed by atoms with Crippen LogP contribution in [0.4, 0.5) is 5.69 Å². The molecule has 140 valence electrons. The monoisotopic (exact) mass is 382 g/mol. The second-order valence-electron chi connectivity index (χ2n) is 6.64. The van der Waals surface area contributed by atoms with Crippen molar-refractivity contribution in [2.75, 3.05) is 17.7 Å². The minimum atomic E-state index is -0.0549. The average Bonchev–Trinajstić information content (AvgIpc) is 3.32. The zero-order chi connectivity index (χ0) is 18.6. The molecule has 1 aliphatic heterocycles. The van der Waals surface area contributed by atoms with Crippen molar-refractivity contribution < 1.29 is 9.53 Å². The first-order chi connectivity index (χ1) is 13.2. The first-order valence-electron chi connectivity index (χ1n) is 9.12. The minimum Gasteiger partial charge on any atom is -0.376 e. The number of carbonyl (C=O) groups is 1. The van der Waals surface area contributed by atoms with Crippen LogP contribution in [-0.2, 0) is 16.1 Å². The van der Waals surface area contributed by atoms with E-state index in [-0.39, 0.29) is 17.8 Å². The molecule has 1 N–H and O–H groups in total. The van der Waals surface area contributed by atoms with E-state index in [1.165, 1.54) is 11.8 Å². The number of hydrogen-bond donors (Lipinski definition) is 1. The molecule has 1 atom stereocenters. The first-order valence-corrected chi connectivity index (χ1v) is 10.1. The van der Waals surface area contributed by atoms with Gasteiger partial charge in [0.1, 0.15) is 5.82 Å². The molecule has 4 rings (SSSR count). The Bertz CT molecular complexity index is 945. The zero-order valence-electron chi connectivity index (χ0n) is 15.2. The second kappa shape index (κ2) is 8.10. The van der Waals surface area contributed by atoms with Crippen molar-refractivity contribution in [3.63, 3.8) is 0 Å². The summed E-state index contributed by atoms with van der Waals surface area (Å²) in [5.74, 6) is 1.08. The third kappa shape index (κ3) is 4.14. The van der Waals surface area contributed by atoms with Crippen molar-refractivity contribution >= 4 is 34.1 Å². The van der Waals surface area contributed by atoms with E-state index in [1.54, 1.807) is 0 Å². The van der Waals surface area contributed by atoms with Crippen LogP contribution in [-0.4, -0.2) is 39.1 Å². The van der Waals surface area contributed by atoms with Gasteiger partial charge < -0.3 is 14.6 Å². The van der Waals surface area contributed by atoms with E-state index in [4.69, 9.17) is 4.74 Å². The lowest BCUT2D eigenvalue weighted by molar-refractivity contribution is -0.113. The van der Waals surface area contributed by atoms with Crippen LogP contribution in [0.25, 0.3) is 10.8 Å². The fourth-order valence-electron chi connectivity index (χ4n) is 3.32. The number of aromatic nitrogens is 3. The van der Waals surface area contributed by atoms with Crippen molar-refractivity contribution in [1.82, 2.24) is 14.8 Å². The summed E-state index contributed by atoms with van der Waals surface area (Å²) in [7, 11) is 0. The molecule has 7 heteroatoms. The smallest absolute Gasteiger partial charge is 0.234 e. The number of nitrogens with one attached hydrogen (secondary N) is 1. The lowest BCUT2D eigenvalue weighted by Crippen LogP contribution is -2.18. The highest BCUT2D eigenvalue weighted by atomic mass is 32.2. The minimum absolute atomic E-state index is 0.0549. The molecule has 0 spiro atoms. The quantitative estimate of drug-likeness (QED) is 0.659. The third-order valence-corrected chi connectivity index (χ3v) is 5.67. The summed E-state index contributed by atoms with van der Waals surface area (Å²) >= 11 is 1.41. The average molecular weight is 382 g/mol. The van der Waals surface area contributed by atoms with Gasteiger partial charge >= 0.3 is 0 Å². The highest BCUT2D eigenvalue weighted by Crippen LogP contribution is 2.24. The summed E-state index contributed by atoms with van der Waals surface area (Å²) in [4.78, 5) is 12.5. The number of rotatable bonds is 6. The highest BCUT2D eigenvalue weighted by molar-refractivity contribution is 7.99. The van der Waals surface area contributed by atoms with Gasteiger partial charge in [0.05, 0.1) is 18.4 Å². The number of fused-ring (bicyclic) bond motifs is 1. The molecule has 2 aromatic carbocycles. The standard InChI is InChI=1S/C20H22N4O2S/c1-14-22-23-20(24(14)12-16-8-5-11-26-16)27-13-19(25)21-18-10-4-7-15-6-2-3-9-17(15)18/h2-4,6-7,9-10,16H,5,8,11-13H2,1H3,(H,21,25)/t16-/m1/s1. The number of thioether (sulfide) groups is 1. The van der Waals surface area contributed by atoms with Crippen LogP contribution >= 0.6 is 11.8 Å². The number of amides is 1. The number of anilines is 1. The van der Waals surface area contributed by atoms with E-state index >= 15 is 0 Å². The number of aryl methyl sites for hydroxylation is 1. The Morgan fingerprint density at radius 3 is 2.96 bits per heavy atom. The van der Waals surface area contributed by atoms with Crippen molar-refractivity contribution in [2.24, 2.45) is 0 Å². The predicted octanol–water partition coefficient (Wildman–Crippen LogP) is 3.65. The topological polar surface area (TPSA) is 69.0 Å². The summed E-state index contributed by atoms with van der Waals surface area (Å²) < 4.78 is 7.76. The van der Waals surface area contributed by atoms with Gasteiger partial charge in [0.25, 0.3) is 0 Å². The van der Waals surface area contributed by atoms with Crippen LogP contribution in [0.3, 0.4) is 0 Å². The van der Waals surface area contributed by atoms with Gasteiger partial charge in [-0.25, -0.2) is 0 Å². The summed E-state index contributed by atoms with van der Waals surface area (Å²) in [6.45, 7) is 3.50. The molecular weight excluding hydrogens is 360 g/mol. The molecule has 0 unspecified atom stereocenters. The maximum absolute atomic E-state index is 12.5. The van der Waals surface area contributed by atoms with Gasteiger partial charge in [0.15, 0.2) is 5.16 Å². The largest absolute Gasteiger partial charge is 0.376 e. The normalized spacial score (nSPS) is 16.7. The maximum atomic E-state index is 12.5. The van der Waals surface area contributed by atoms with Crippen molar-refractivity contribution in [3.8, 4) is 0 Å². The maximum Gasteiger partial charge on any atom is 0.234 e. The SMILES string of the molecule is Cc1nnc(SCC(=O)Nc2cccc3ccccc23)n1C[C@H]1CCCO1. The fourth-order valence-corrected chi connectivity index (χ4v) is 4.11. The summed E-state index contributed by atoms with van der Waals surface area (Å²) in [6, 6.07) is 13.9. The molecule has 1 saturated heterocycles. The van der Waals surface area contributed by atoms with E-state index in [2.05, 4.69) is 15.5 Å². The molecule has 0 saturated carbocycles. The van der Waals surface area contributed by atoms with Gasteiger partial charge in [0.2, 0.25) is 5.91 Å². The van der Waals surface area contributed by atoms with Gasteiger partial charge in [0, 0.05) is 17.7 Å². The van der Waals surface area contributed by atoms with Crippen LogP contribution < -0.4 is 5.32 Å². The van der Waals surface area contributed by atoms with Crippen molar-refractivity contribution in [3.05, 3.63) is 48.3 Å². The Labute approximate surface area is 162 Å². The number of nitrogens with zero attached hydrogens (tertiary/aromatic N) is 3. The van der Waals surface area contributed by atoms with Crippen LogP contribution in [0, 0.1) is 6.92 Å². The van der Waals surface area contributed by atoms with Gasteiger partial charge in [-0.2, -0.15) is 0 Å². The lowest BCUT2D eigenvalue weighted by atomic mass is 10.1. The summed E-state index contributed by atoms with van der Waals surface area (Å²) in [5.41, 5.74) is 0.829. The Kier molecular flexibility index (Phi) is 5.40. The molecule has 2 heterocycles. The third-order valence-electron chi connectivity index (χ3n) is 4.71. The number of carbonyl (C=O) groups excluding carboxylic acids is 1. The van der Waals surface area contributed by atoms with E-state index < -0.39 is 0 Å². The lowest BCUT2D eigenvalue weighted by Gasteiger charge is -2.13. The molecule has 0 radical (unpaired) electrons. The molecule has 3 aromatic rings. The van der Waals surface area contributed by atoms with Gasteiger partial charge in [-0.15, -0.1) is 10.2 Å². The van der Waals surface area contributed by atoms with Gasteiger partial charge in [-0.3, -0.25) is 4.79 Å². The number of hydrogen-bond acceptors (Lipinski definition) is 5. The van der Waals surface area contributed by atoms with Crippen LogP contribution in [0.1, 0.15) is 18.7 Å². The Morgan fingerprint density at radius 2 is 2.11 bits per heavy atom. The summed E-state index contributed by atoms with van der Waals surface area (Å²) in [5, 5.41) is 14.3. The van der Waals surface area contributed by atoms with E-state index in [1.807, 2.05) is 54.0 Å². The van der Waals surface area contributed by atoms with Crippen molar-refractivity contribution in [1.29, 1.82) is 0 Å². The zero-order valence-corrected chi connectivity index (χ0v) is 16.0. The molecule has 1 fully saturated rings. The molecule has 1 aromatic heterocycles. The Hall–Kier alpha value is -2.38. The first kappa shape index (κ1) is 18.0. The number of ether oxygens (including phenoxy) is 1. The summed E-state index contributed by atoms with van der Waals surface area (Å²) in [6.07, 6.45) is 2.37. The van der Waals surface area contributed by atoms with E-state index in [0.29, 0.717) is 0 Å². The Balaban J connectivity index is 1.41. The fraction of sp³-hybridized carbons (Fsp3) is 0.350. The molecular formula is C20H22N4O2S. The number of benzene rings is 2. The highest BCUT2D eigenvalue weighted by Gasteiger charge is 2.20.